The van der Waals surface area contributed by atoms with Gasteiger partial charge in [-0.25, -0.2) is 0 Å². The minimum Gasteiger partial charge on any atom is -0.376 e. The number of methoxy groups -OCH3 is 1. The van der Waals surface area contributed by atoms with Gasteiger partial charge >= 0.3 is 0 Å². The van der Waals surface area contributed by atoms with Crippen LogP contribution in [-0.4, -0.2) is 42.9 Å². The number of hydrogen-bond acceptors (Lipinski definition) is 4. The monoisotopic (exact) mass is 204 g/mol. The highest BCUT2D eigenvalue weighted by molar-refractivity contribution is 4.93. The van der Waals surface area contributed by atoms with Gasteiger partial charge < -0.3 is 19.3 Å². The normalized spacial score (nSPS) is 43.9. The van der Waals surface area contributed by atoms with Crippen LogP contribution in [0.15, 0.2) is 0 Å². The van der Waals surface area contributed by atoms with Gasteiger partial charge in [-0.15, -0.1) is 0 Å². The van der Waals surface area contributed by atoms with Gasteiger partial charge in [0, 0.05) is 20.1 Å². The maximum absolute atomic E-state index is 9.47. The van der Waals surface area contributed by atoms with Crippen LogP contribution in [0.3, 0.4) is 0 Å². The molecule has 4 atom stereocenters. The first kappa shape index (κ1) is 11.9. The van der Waals surface area contributed by atoms with Crippen molar-refractivity contribution in [1.29, 1.82) is 0 Å². The fourth-order valence-corrected chi connectivity index (χ4v) is 2.02. The lowest BCUT2D eigenvalue weighted by molar-refractivity contribution is -0.273. The summed E-state index contributed by atoms with van der Waals surface area (Å²) in [7, 11) is 1.64. The molecule has 0 amide bonds. The Morgan fingerprint density at radius 1 is 1.57 bits per heavy atom. The van der Waals surface area contributed by atoms with Gasteiger partial charge in [-0.1, -0.05) is 0 Å². The van der Waals surface area contributed by atoms with E-state index in [9.17, 15) is 5.11 Å². The van der Waals surface area contributed by atoms with Crippen LogP contribution in [0.4, 0.5) is 0 Å². The summed E-state index contributed by atoms with van der Waals surface area (Å²) in [6, 6.07) is 0. The predicted octanol–water partition coefficient (Wildman–Crippen LogP) is 0.924. The zero-order valence-electron chi connectivity index (χ0n) is 9.32. The van der Waals surface area contributed by atoms with E-state index in [0.717, 1.165) is 0 Å². The zero-order valence-corrected chi connectivity index (χ0v) is 9.32. The van der Waals surface area contributed by atoms with Crippen LogP contribution in [0.5, 0.6) is 0 Å². The molecule has 0 aromatic carbocycles. The topological polar surface area (TPSA) is 47.9 Å². The Bertz CT molecular complexity index is 185. The molecule has 1 rings (SSSR count). The summed E-state index contributed by atoms with van der Waals surface area (Å²) < 4.78 is 16.3. The SMILES string of the molecule is CCO[C@H]1[C@H](C)OC(O)C[C@@]1(C)OC. The third kappa shape index (κ3) is 2.25. The number of aliphatic hydroxyl groups excluding tert-OH is 1. The summed E-state index contributed by atoms with van der Waals surface area (Å²) in [5.41, 5.74) is -0.465. The van der Waals surface area contributed by atoms with Crippen LogP contribution < -0.4 is 0 Å². The van der Waals surface area contributed by atoms with Gasteiger partial charge in [0.25, 0.3) is 0 Å². The van der Waals surface area contributed by atoms with Crippen molar-refractivity contribution in [2.45, 2.75) is 51.3 Å². The molecule has 0 aliphatic carbocycles. The van der Waals surface area contributed by atoms with Gasteiger partial charge in [-0.2, -0.15) is 0 Å². The lowest BCUT2D eigenvalue weighted by Crippen LogP contribution is -2.56. The summed E-state index contributed by atoms with van der Waals surface area (Å²) in [5, 5.41) is 9.47. The van der Waals surface area contributed by atoms with Crippen molar-refractivity contribution in [2.75, 3.05) is 13.7 Å². The summed E-state index contributed by atoms with van der Waals surface area (Å²) >= 11 is 0. The third-order valence-corrected chi connectivity index (χ3v) is 2.79. The van der Waals surface area contributed by atoms with Crippen LogP contribution in [0.25, 0.3) is 0 Å². The molecule has 1 fully saturated rings. The summed E-state index contributed by atoms with van der Waals surface area (Å²) in [5.74, 6) is 0. The molecule has 0 aromatic rings. The molecule has 0 bridgehead atoms. The Morgan fingerprint density at radius 3 is 2.71 bits per heavy atom. The molecule has 1 aliphatic rings. The molecular formula is C10H20O4. The average molecular weight is 204 g/mol. The maximum Gasteiger partial charge on any atom is 0.157 e. The molecule has 1 unspecified atom stereocenters. The van der Waals surface area contributed by atoms with Gasteiger partial charge in [0.15, 0.2) is 6.29 Å². The van der Waals surface area contributed by atoms with E-state index in [0.29, 0.717) is 13.0 Å². The van der Waals surface area contributed by atoms with E-state index in [-0.39, 0.29) is 12.2 Å². The van der Waals surface area contributed by atoms with Crippen molar-refractivity contribution in [3.63, 3.8) is 0 Å². The molecule has 84 valence electrons. The largest absolute Gasteiger partial charge is 0.376 e. The molecule has 0 spiro atoms. The second-order valence-electron chi connectivity index (χ2n) is 3.89. The minimum atomic E-state index is -0.758. The fourth-order valence-electron chi connectivity index (χ4n) is 2.02. The van der Waals surface area contributed by atoms with Gasteiger partial charge in [-0.3, -0.25) is 0 Å². The van der Waals surface area contributed by atoms with E-state index in [1.54, 1.807) is 7.11 Å². The second-order valence-corrected chi connectivity index (χ2v) is 3.89. The van der Waals surface area contributed by atoms with E-state index in [1.165, 1.54) is 0 Å². The fraction of sp³-hybridized carbons (Fsp3) is 1.00. The average Bonchev–Trinajstić information content (AvgIpc) is 2.11. The Balaban J connectivity index is 2.75. The van der Waals surface area contributed by atoms with Crippen molar-refractivity contribution in [3.05, 3.63) is 0 Å². The number of hydrogen-bond donors (Lipinski definition) is 1. The summed E-state index contributed by atoms with van der Waals surface area (Å²) in [6.45, 7) is 6.39. The van der Waals surface area contributed by atoms with E-state index < -0.39 is 11.9 Å². The van der Waals surface area contributed by atoms with Crippen molar-refractivity contribution >= 4 is 0 Å². The quantitative estimate of drug-likeness (QED) is 0.742. The minimum absolute atomic E-state index is 0.124. The Morgan fingerprint density at radius 2 is 2.21 bits per heavy atom. The molecule has 1 aliphatic heterocycles. The Kier molecular flexibility index (Phi) is 3.89. The first-order valence-electron chi connectivity index (χ1n) is 5.03. The Hall–Kier alpha value is -0.160. The maximum atomic E-state index is 9.47. The number of rotatable bonds is 3. The predicted molar refractivity (Wildman–Crippen MR) is 52.0 cm³/mol. The van der Waals surface area contributed by atoms with Gasteiger partial charge in [0.1, 0.15) is 6.10 Å². The van der Waals surface area contributed by atoms with Crippen molar-refractivity contribution in [3.8, 4) is 0 Å². The molecule has 4 nitrogen and oxygen atoms in total. The molecule has 1 N–H and O–H groups in total. The summed E-state index contributed by atoms with van der Waals surface area (Å²) in [4.78, 5) is 0. The Labute approximate surface area is 85.2 Å². The van der Waals surface area contributed by atoms with E-state index >= 15 is 0 Å². The standard InChI is InChI=1S/C10H20O4/c1-5-13-9-7(2)14-8(11)6-10(9,3)12-4/h7-9,11H,5-6H2,1-4H3/t7-,8?,9-,10+/m0/s1. The molecule has 0 saturated carbocycles. The highest BCUT2D eigenvalue weighted by atomic mass is 16.6. The molecule has 0 aromatic heterocycles. The molecule has 4 heteroatoms. The second kappa shape index (κ2) is 4.57. The molecule has 1 saturated heterocycles. The van der Waals surface area contributed by atoms with E-state index in [4.69, 9.17) is 14.2 Å². The van der Waals surface area contributed by atoms with Crippen LogP contribution in [0.1, 0.15) is 27.2 Å². The number of ether oxygens (including phenoxy) is 3. The smallest absolute Gasteiger partial charge is 0.157 e. The summed E-state index contributed by atoms with van der Waals surface area (Å²) in [6.07, 6.45) is -0.588. The van der Waals surface area contributed by atoms with Crippen molar-refractivity contribution in [2.24, 2.45) is 0 Å². The lowest BCUT2D eigenvalue weighted by atomic mass is 9.88. The van der Waals surface area contributed by atoms with Gasteiger partial charge in [0.2, 0.25) is 0 Å². The van der Waals surface area contributed by atoms with Crippen LogP contribution >= 0.6 is 0 Å². The molecule has 1 heterocycles. The third-order valence-electron chi connectivity index (χ3n) is 2.79. The molecule has 0 radical (unpaired) electrons. The lowest BCUT2D eigenvalue weighted by Gasteiger charge is -2.45. The highest BCUT2D eigenvalue weighted by Crippen LogP contribution is 2.32. The van der Waals surface area contributed by atoms with Crippen molar-refractivity contribution < 1.29 is 19.3 Å². The zero-order chi connectivity index (χ0) is 10.8. The molecule has 14 heavy (non-hydrogen) atoms. The van der Waals surface area contributed by atoms with E-state index in [2.05, 4.69) is 0 Å². The van der Waals surface area contributed by atoms with E-state index in [1.807, 2.05) is 20.8 Å². The molecular weight excluding hydrogens is 184 g/mol. The first-order valence-corrected chi connectivity index (χ1v) is 5.03. The highest BCUT2D eigenvalue weighted by Gasteiger charge is 2.45. The number of aliphatic hydroxyl groups is 1. The van der Waals surface area contributed by atoms with Gasteiger partial charge in [-0.05, 0) is 20.8 Å². The van der Waals surface area contributed by atoms with Gasteiger partial charge in [0.05, 0.1) is 11.7 Å². The van der Waals surface area contributed by atoms with Crippen LogP contribution in [0, 0.1) is 0 Å². The van der Waals surface area contributed by atoms with Crippen LogP contribution in [-0.2, 0) is 14.2 Å². The van der Waals surface area contributed by atoms with Crippen molar-refractivity contribution in [1.82, 2.24) is 0 Å². The first-order chi connectivity index (χ1) is 6.53. The van der Waals surface area contributed by atoms with Crippen LogP contribution in [0.2, 0.25) is 0 Å².